The number of nitrogens with zero attached hydrogens (tertiary/aromatic N) is 1. The zero-order chi connectivity index (χ0) is 12.0. The Morgan fingerprint density at radius 1 is 1.12 bits per heavy atom. The van der Waals surface area contributed by atoms with Crippen LogP contribution in [0.2, 0.25) is 0 Å². The summed E-state index contributed by atoms with van der Waals surface area (Å²) in [5.74, 6) is 0. The normalized spacial score (nSPS) is 10.5. The van der Waals surface area contributed by atoms with Crippen LogP contribution in [0.4, 0.5) is 5.69 Å². The van der Waals surface area contributed by atoms with Crippen LogP contribution in [0.5, 0.6) is 0 Å². The molecule has 0 fully saturated rings. The van der Waals surface area contributed by atoms with Crippen molar-refractivity contribution in [3.63, 3.8) is 0 Å². The fourth-order valence-electron chi connectivity index (χ4n) is 1.97. The first-order valence-corrected chi connectivity index (χ1v) is 6.55. The van der Waals surface area contributed by atoms with Gasteiger partial charge in [0.2, 0.25) is 0 Å². The molecule has 0 saturated heterocycles. The minimum absolute atomic E-state index is 1.07. The molecule has 0 spiro atoms. The van der Waals surface area contributed by atoms with Gasteiger partial charge < -0.3 is 4.90 Å². The number of aryl methyl sites for hydroxylation is 2. The van der Waals surface area contributed by atoms with E-state index < -0.39 is 0 Å². The molecule has 0 heterocycles. The standard InChI is InChI=1S/C15H25N/c1-5-8-9-14-12-13(6-2)10-11-15(14)16(4)7-3/h10-12H,5-9H2,1-4H3. The summed E-state index contributed by atoms with van der Waals surface area (Å²) >= 11 is 0. The van der Waals surface area contributed by atoms with Gasteiger partial charge in [0.25, 0.3) is 0 Å². The Balaban J connectivity index is 2.96. The van der Waals surface area contributed by atoms with E-state index in [0.29, 0.717) is 0 Å². The lowest BCUT2D eigenvalue weighted by Crippen LogP contribution is -2.17. The van der Waals surface area contributed by atoms with Gasteiger partial charge in [-0.25, -0.2) is 0 Å². The van der Waals surface area contributed by atoms with Crippen LogP contribution in [-0.4, -0.2) is 13.6 Å². The SMILES string of the molecule is CCCCc1cc(CC)ccc1N(C)CC. The molecule has 0 aliphatic heterocycles. The molecule has 1 nitrogen and oxygen atoms in total. The molecule has 0 radical (unpaired) electrons. The maximum atomic E-state index is 2.39. The van der Waals surface area contributed by atoms with Crippen LogP contribution in [0.15, 0.2) is 18.2 Å². The number of benzene rings is 1. The van der Waals surface area contributed by atoms with E-state index in [2.05, 4.69) is 50.9 Å². The second-order valence-corrected chi connectivity index (χ2v) is 4.43. The van der Waals surface area contributed by atoms with Crippen molar-refractivity contribution in [2.24, 2.45) is 0 Å². The van der Waals surface area contributed by atoms with Gasteiger partial charge in [-0.2, -0.15) is 0 Å². The van der Waals surface area contributed by atoms with Crippen LogP contribution in [-0.2, 0) is 12.8 Å². The van der Waals surface area contributed by atoms with Crippen molar-refractivity contribution in [1.82, 2.24) is 0 Å². The molecule has 1 rings (SSSR count). The Kier molecular flexibility index (Phi) is 5.37. The van der Waals surface area contributed by atoms with E-state index in [1.165, 1.54) is 36.1 Å². The second kappa shape index (κ2) is 6.57. The average molecular weight is 219 g/mol. The van der Waals surface area contributed by atoms with Crippen LogP contribution in [0.25, 0.3) is 0 Å². The number of rotatable bonds is 6. The number of unbranched alkanes of at least 4 members (excludes halogenated alkanes) is 1. The number of hydrogen-bond acceptors (Lipinski definition) is 1. The summed E-state index contributed by atoms with van der Waals surface area (Å²) in [6.45, 7) is 7.76. The molecular formula is C15H25N. The lowest BCUT2D eigenvalue weighted by Gasteiger charge is -2.21. The highest BCUT2D eigenvalue weighted by Gasteiger charge is 2.06. The second-order valence-electron chi connectivity index (χ2n) is 4.43. The van der Waals surface area contributed by atoms with Crippen molar-refractivity contribution in [3.05, 3.63) is 29.3 Å². The lowest BCUT2D eigenvalue weighted by atomic mass is 10.0. The third-order valence-electron chi connectivity index (χ3n) is 3.24. The summed E-state index contributed by atoms with van der Waals surface area (Å²) in [5.41, 5.74) is 4.39. The van der Waals surface area contributed by atoms with Crippen LogP contribution < -0.4 is 4.90 Å². The van der Waals surface area contributed by atoms with Crippen LogP contribution in [0.1, 0.15) is 44.7 Å². The average Bonchev–Trinajstić information content (AvgIpc) is 2.34. The maximum absolute atomic E-state index is 2.39. The van der Waals surface area contributed by atoms with Crippen molar-refractivity contribution >= 4 is 5.69 Å². The first-order chi connectivity index (χ1) is 7.72. The molecule has 0 atom stereocenters. The fraction of sp³-hybridized carbons (Fsp3) is 0.600. The van der Waals surface area contributed by atoms with E-state index in [9.17, 15) is 0 Å². The van der Waals surface area contributed by atoms with Gasteiger partial charge in [-0.15, -0.1) is 0 Å². The lowest BCUT2D eigenvalue weighted by molar-refractivity contribution is 0.789. The van der Waals surface area contributed by atoms with Gasteiger partial charge in [0, 0.05) is 19.3 Å². The van der Waals surface area contributed by atoms with Crippen molar-refractivity contribution in [2.45, 2.75) is 46.5 Å². The Bertz CT molecular complexity index is 317. The van der Waals surface area contributed by atoms with E-state index in [1.54, 1.807) is 0 Å². The molecule has 0 saturated carbocycles. The molecular weight excluding hydrogens is 194 g/mol. The highest BCUT2D eigenvalue weighted by molar-refractivity contribution is 5.54. The van der Waals surface area contributed by atoms with Gasteiger partial charge in [0.15, 0.2) is 0 Å². The van der Waals surface area contributed by atoms with Gasteiger partial charge in [-0.05, 0) is 43.4 Å². The third-order valence-corrected chi connectivity index (χ3v) is 3.24. The Hall–Kier alpha value is -0.980. The monoisotopic (exact) mass is 219 g/mol. The smallest absolute Gasteiger partial charge is 0.0396 e. The van der Waals surface area contributed by atoms with Gasteiger partial charge in [-0.3, -0.25) is 0 Å². The number of hydrogen-bond donors (Lipinski definition) is 0. The predicted molar refractivity (Wildman–Crippen MR) is 73.4 cm³/mol. The molecule has 0 N–H and O–H groups in total. The molecule has 0 aromatic heterocycles. The van der Waals surface area contributed by atoms with E-state index >= 15 is 0 Å². The molecule has 90 valence electrons. The van der Waals surface area contributed by atoms with E-state index in [-0.39, 0.29) is 0 Å². The summed E-state index contributed by atoms with van der Waals surface area (Å²) in [6.07, 6.45) is 4.91. The van der Waals surface area contributed by atoms with E-state index in [0.717, 1.165) is 13.0 Å². The molecule has 1 aromatic rings. The van der Waals surface area contributed by atoms with Gasteiger partial charge in [0.05, 0.1) is 0 Å². The minimum atomic E-state index is 1.07. The first-order valence-electron chi connectivity index (χ1n) is 6.55. The van der Waals surface area contributed by atoms with Crippen molar-refractivity contribution < 1.29 is 0 Å². The van der Waals surface area contributed by atoms with Crippen molar-refractivity contribution in [2.75, 3.05) is 18.5 Å². The third kappa shape index (κ3) is 3.26. The summed E-state index contributed by atoms with van der Waals surface area (Å²) in [7, 11) is 2.18. The van der Waals surface area contributed by atoms with Gasteiger partial charge >= 0.3 is 0 Å². The fourth-order valence-corrected chi connectivity index (χ4v) is 1.97. The van der Waals surface area contributed by atoms with Crippen LogP contribution in [0.3, 0.4) is 0 Å². The summed E-state index contributed by atoms with van der Waals surface area (Å²) < 4.78 is 0. The van der Waals surface area contributed by atoms with Crippen molar-refractivity contribution in [3.8, 4) is 0 Å². The largest absolute Gasteiger partial charge is 0.375 e. The quantitative estimate of drug-likeness (QED) is 0.697. The molecule has 1 heteroatoms. The predicted octanol–water partition coefficient (Wildman–Crippen LogP) is 4.05. The molecule has 0 amide bonds. The molecule has 0 unspecified atom stereocenters. The minimum Gasteiger partial charge on any atom is -0.375 e. The van der Waals surface area contributed by atoms with Crippen molar-refractivity contribution in [1.29, 1.82) is 0 Å². The first kappa shape index (κ1) is 13.1. The van der Waals surface area contributed by atoms with E-state index in [1.807, 2.05) is 0 Å². The molecule has 0 bridgehead atoms. The molecule has 0 aliphatic carbocycles. The molecule has 16 heavy (non-hydrogen) atoms. The highest BCUT2D eigenvalue weighted by Crippen LogP contribution is 2.23. The van der Waals surface area contributed by atoms with Gasteiger partial charge in [-0.1, -0.05) is 32.4 Å². The summed E-state index contributed by atoms with van der Waals surface area (Å²) in [5, 5.41) is 0. The maximum Gasteiger partial charge on any atom is 0.0396 e. The summed E-state index contributed by atoms with van der Waals surface area (Å²) in [6, 6.07) is 6.93. The molecule has 1 aromatic carbocycles. The summed E-state index contributed by atoms with van der Waals surface area (Å²) in [4.78, 5) is 2.34. The topological polar surface area (TPSA) is 3.24 Å². The van der Waals surface area contributed by atoms with Gasteiger partial charge in [0.1, 0.15) is 0 Å². The Morgan fingerprint density at radius 3 is 2.44 bits per heavy atom. The zero-order valence-corrected chi connectivity index (χ0v) is 11.2. The highest BCUT2D eigenvalue weighted by atomic mass is 15.1. The number of anilines is 1. The Morgan fingerprint density at radius 2 is 1.88 bits per heavy atom. The van der Waals surface area contributed by atoms with Crippen LogP contribution in [0, 0.1) is 0 Å². The van der Waals surface area contributed by atoms with E-state index in [4.69, 9.17) is 0 Å². The Labute approximate surface area is 100 Å². The molecule has 0 aliphatic rings. The zero-order valence-electron chi connectivity index (χ0n) is 11.2. The van der Waals surface area contributed by atoms with Crippen LogP contribution >= 0.6 is 0 Å².